The van der Waals surface area contributed by atoms with Crippen LogP contribution in [0.15, 0.2) is 54.9 Å². The minimum Gasteiger partial charge on any atom is -0.369 e. The van der Waals surface area contributed by atoms with E-state index in [4.69, 9.17) is 5.73 Å². The molecule has 112 valence electrons. The molecule has 7 heteroatoms. The Labute approximate surface area is 130 Å². The number of hydrogen-bond donors (Lipinski definition) is 1. The maximum absolute atomic E-state index is 11.1. The maximum atomic E-state index is 11.1. The largest absolute Gasteiger partial charge is 0.369 e. The summed E-state index contributed by atoms with van der Waals surface area (Å²) in [6.45, 7) is 0. The minimum absolute atomic E-state index is 0.0425. The second kappa shape index (κ2) is 4.77. The van der Waals surface area contributed by atoms with Crippen LogP contribution in [0.1, 0.15) is 0 Å². The van der Waals surface area contributed by atoms with Gasteiger partial charge in [0, 0.05) is 35.5 Å². The number of nitro groups is 1. The lowest BCUT2D eigenvalue weighted by Crippen LogP contribution is -1.99. The molecule has 23 heavy (non-hydrogen) atoms. The first-order chi connectivity index (χ1) is 11.2. The first-order valence-electron chi connectivity index (χ1n) is 6.91. The number of non-ortho nitro benzene ring substituents is 1. The Morgan fingerprint density at radius 2 is 1.96 bits per heavy atom. The molecule has 4 rings (SSSR count). The molecule has 4 aromatic rings. The van der Waals surface area contributed by atoms with Crippen molar-refractivity contribution in [2.45, 2.75) is 0 Å². The SMILES string of the molecule is Nc1nccc2c(-c3cccc([N+](=O)[O-])c3)c3cccnc3n12. The third kappa shape index (κ3) is 1.90. The van der Waals surface area contributed by atoms with E-state index < -0.39 is 4.92 Å². The van der Waals surface area contributed by atoms with Crippen LogP contribution in [0.3, 0.4) is 0 Å². The predicted octanol–water partition coefficient (Wildman–Crippen LogP) is 3.04. The highest BCUT2D eigenvalue weighted by Crippen LogP contribution is 2.36. The van der Waals surface area contributed by atoms with Crippen LogP contribution in [0, 0.1) is 10.1 Å². The zero-order valence-corrected chi connectivity index (χ0v) is 11.9. The fourth-order valence-corrected chi connectivity index (χ4v) is 2.84. The third-order valence-corrected chi connectivity index (χ3v) is 3.78. The van der Waals surface area contributed by atoms with Gasteiger partial charge in [-0.1, -0.05) is 12.1 Å². The molecule has 0 amide bonds. The second-order valence-electron chi connectivity index (χ2n) is 5.08. The highest BCUT2D eigenvalue weighted by molar-refractivity contribution is 6.05. The molecule has 0 radical (unpaired) electrons. The van der Waals surface area contributed by atoms with Crippen LogP contribution in [-0.2, 0) is 0 Å². The number of pyridine rings is 1. The number of hydrogen-bond acceptors (Lipinski definition) is 5. The molecule has 0 atom stereocenters. The van der Waals surface area contributed by atoms with Crippen LogP contribution < -0.4 is 5.73 Å². The van der Waals surface area contributed by atoms with Crippen molar-refractivity contribution in [3.05, 3.63) is 65.0 Å². The Balaban J connectivity index is 2.16. The normalized spacial score (nSPS) is 11.1. The van der Waals surface area contributed by atoms with E-state index in [2.05, 4.69) is 9.97 Å². The first kappa shape index (κ1) is 13.2. The van der Waals surface area contributed by atoms with Crippen molar-refractivity contribution >= 4 is 28.2 Å². The molecule has 7 nitrogen and oxygen atoms in total. The van der Waals surface area contributed by atoms with Gasteiger partial charge in [0.1, 0.15) is 5.65 Å². The van der Waals surface area contributed by atoms with E-state index >= 15 is 0 Å². The molecular weight excluding hydrogens is 294 g/mol. The molecule has 3 aromatic heterocycles. The Bertz CT molecular complexity index is 1070. The van der Waals surface area contributed by atoms with Crippen molar-refractivity contribution in [2.75, 3.05) is 5.73 Å². The van der Waals surface area contributed by atoms with E-state index in [0.29, 0.717) is 11.6 Å². The van der Waals surface area contributed by atoms with E-state index in [1.165, 1.54) is 6.07 Å². The number of nitrogen functional groups attached to an aromatic ring is 1. The number of anilines is 1. The van der Waals surface area contributed by atoms with E-state index in [-0.39, 0.29) is 5.69 Å². The van der Waals surface area contributed by atoms with Crippen LogP contribution >= 0.6 is 0 Å². The van der Waals surface area contributed by atoms with Gasteiger partial charge in [0.05, 0.1) is 10.4 Å². The molecule has 0 aliphatic carbocycles. The molecule has 0 aliphatic rings. The number of nitrogens with two attached hydrogens (primary N) is 1. The minimum atomic E-state index is -0.405. The van der Waals surface area contributed by atoms with Gasteiger partial charge in [0.15, 0.2) is 0 Å². The van der Waals surface area contributed by atoms with Crippen LogP contribution in [0.25, 0.3) is 27.7 Å². The highest BCUT2D eigenvalue weighted by Gasteiger charge is 2.17. The van der Waals surface area contributed by atoms with Gasteiger partial charge in [-0.3, -0.25) is 14.5 Å². The molecule has 3 heterocycles. The monoisotopic (exact) mass is 305 g/mol. The summed E-state index contributed by atoms with van der Waals surface area (Å²) in [4.78, 5) is 19.1. The maximum Gasteiger partial charge on any atom is 0.270 e. The Morgan fingerprint density at radius 3 is 2.78 bits per heavy atom. The second-order valence-corrected chi connectivity index (χ2v) is 5.08. The van der Waals surface area contributed by atoms with Crippen molar-refractivity contribution in [2.24, 2.45) is 0 Å². The molecule has 0 bridgehead atoms. The number of rotatable bonds is 2. The smallest absolute Gasteiger partial charge is 0.270 e. The zero-order valence-electron chi connectivity index (χ0n) is 11.9. The van der Waals surface area contributed by atoms with Gasteiger partial charge in [0.25, 0.3) is 5.69 Å². The molecule has 0 spiro atoms. The van der Waals surface area contributed by atoms with Gasteiger partial charge < -0.3 is 5.73 Å². The summed E-state index contributed by atoms with van der Waals surface area (Å²) in [7, 11) is 0. The fraction of sp³-hybridized carbons (Fsp3) is 0. The van der Waals surface area contributed by atoms with Crippen LogP contribution in [0.4, 0.5) is 11.6 Å². The summed E-state index contributed by atoms with van der Waals surface area (Å²) in [5, 5.41) is 11.9. The number of aromatic nitrogens is 3. The summed E-state index contributed by atoms with van der Waals surface area (Å²) in [6, 6.07) is 12.1. The summed E-state index contributed by atoms with van der Waals surface area (Å²) >= 11 is 0. The summed E-state index contributed by atoms with van der Waals surface area (Å²) in [5.74, 6) is 0.322. The lowest BCUT2D eigenvalue weighted by atomic mass is 10.0. The molecule has 0 saturated carbocycles. The van der Waals surface area contributed by atoms with Crippen molar-refractivity contribution in [3.8, 4) is 11.1 Å². The predicted molar refractivity (Wildman–Crippen MR) is 87.0 cm³/mol. The van der Waals surface area contributed by atoms with Crippen LogP contribution in [0.5, 0.6) is 0 Å². The Kier molecular flexibility index (Phi) is 2.74. The van der Waals surface area contributed by atoms with E-state index in [1.807, 2.05) is 24.3 Å². The Hall–Kier alpha value is -3.48. The van der Waals surface area contributed by atoms with Gasteiger partial charge in [-0.25, -0.2) is 9.97 Å². The topological polar surface area (TPSA) is 99.3 Å². The molecule has 2 N–H and O–H groups in total. The fourth-order valence-electron chi connectivity index (χ4n) is 2.84. The highest BCUT2D eigenvalue weighted by atomic mass is 16.6. The number of nitro benzene ring substituents is 1. The van der Waals surface area contributed by atoms with Crippen molar-refractivity contribution in [1.82, 2.24) is 14.4 Å². The molecular formula is C16H11N5O2. The number of benzene rings is 1. The van der Waals surface area contributed by atoms with Crippen LogP contribution in [0.2, 0.25) is 0 Å². The molecule has 0 fully saturated rings. The molecule has 1 aromatic carbocycles. The lowest BCUT2D eigenvalue weighted by Gasteiger charge is -2.02. The lowest BCUT2D eigenvalue weighted by molar-refractivity contribution is -0.384. The molecule has 0 unspecified atom stereocenters. The van der Waals surface area contributed by atoms with Crippen molar-refractivity contribution < 1.29 is 4.92 Å². The quantitative estimate of drug-likeness (QED) is 0.453. The van der Waals surface area contributed by atoms with Gasteiger partial charge >= 0.3 is 0 Å². The van der Waals surface area contributed by atoms with Gasteiger partial charge in [-0.05, 0) is 23.8 Å². The van der Waals surface area contributed by atoms with Gasteiger partial charge in [-0.15, -0.1) is 0 Å². The molecule has 0 aliphatic heterocycles. The van der Waals surface area contributed by atoms with Gasteiger partial charge in [-0.2, -0.15) is 0 Å². The van der Waals surface area contributed by atoms with Crippen LogP contribution in [-0.4, -0.2) is 19.3 Å². The number of nitrogens with zero attached hydrogens (tertiary/aromatic N) is 4. The van der Waals surface area contributed by atoms with E-state index in [9.17, 15) is 10.1 Å². The number of fused-ring (bicyclic) bond motifs is 3. The summed E-state index contributed by atoms with van der Waals surface area (Å²) in [6.07, 6.45) is 3.29. The van der Waals surface area contributed by atoms with Crippen molar-refractivity contribution in [3.63, 3.8) is 0 Å². The van der Waals surface area contributed by atoms with E-state index in [1.54, 1.807) is 28.9 Å². The van der Waals surface area contributed by atoms with E-state index in [0.717, 1.165) is 22.0 Å². The van der Waals surface area contributed by atoms with Crippen molar-refractivity contribution in [1.29, 1.82) is 0 Å². The summed E-state index contributed by atoms with van der Waals surface area (Å²) < 4.78 is 1.75. The first-order valence-corrected chi connectivity index (χ1v) is 6.91. The average molecular weight is 305 g/mol. The zero-order chi connectivity index (χ0) is 16.0. The molecule has 0 saturated heterocycles. The standard InChI is InChI=1S/C16H11N5O2/c17-16-19-8-6-13-14(10-3-1-4-11(9-10)21(22)23)12-5-2-7-18-15(12)20(13)16/h1-9H,(H2,17,19). The summed E-state index contributed by atoms with van der Waals surface area (Å²) in [5.41, 5.74) is 9.12. The Morgan fingerprint density at radius 1 is 1.09 bits per heavy atom. The average Bonchev–Trinajstić information content (AvgIpc) is 2.90. The van der Waals surface area contributed by atoms with Gasteiger partial charge in [0.2, 0.25) is 5.95 Å². The third-order valence-electron chi connectivity index (χ3n) is 3.78.